The molecule has 0 N–H and O–H groups in total. The van der Waals surface area contributed by atoms with Crippen LogP contribution < -0.4 is 0 Å². The van der Waals surface area contributed by atoms with E-state index in [1.807, 2.05) is 18.4 Å². The smallest absolute Gasteiger partial charge is 0.334 e. The molecular weight excluding hydrogens is 327 g/mol. The standard InChI is InChI=1S/C15H16F3N3OS/c1-2-11-10-5-8-23-12(10)3-7-21(11)14(22)9-20-6-4-13(19-20)15(16,17)18/h4-6,8,11H,2-3,7,9H2,1H3. The molecule has 8 heteroatoms. The first kappa shape index (κ1) is 16.0. The molecule has 0 aromatic carbocycles. The van der Waals surface area contributed by atoms with Gasteiger partial charge in [0.15, 0.2) is 5.69 Å². The topological polar surface area (TPSA) is 38.1 Å². The molecule has 0 radical (unpaired) electrons. The third kappa shape index (κ3) is 3.12. The normalized spacial score (nSPS) is 18.1. The van der Waals surface area contributed by atoms with E-state index in [-0.39, 0.29) is 18.5 Å². The minimum absolute atomic E-state index is 0.00449. The minimum Gasteiger partial charge on any atom is -0.334 e. The van der Waals surface area contributed by atoms with Gasteiger partial charge in [0, 0.05) is 17.6 Å². The lowest BCUT2D eigenvalue weighted by Crippen LogP contribution is -2.41. The third-order valence-electron chi connectivity index (χ3n) is 4.03. The second kappa shape index (κ2) is 5.99. The molecule has 0 aliphatic carbocycles. The summed E-state index contributed by atoms with van der Waals surface area (Å²) in [6.45, 7) is 2.43. The largest absolute Gasteiger partial charge is 0.435 e. The Bertz CT molecular complexity index is 707. The van der Waals surface area contributed by atoms with E-state index in [4.69, 9.17) is 0 Å². The van der Waals surface area contributed by atoms with Gasteiger partial charge in [-0.2, -0.15) is 18.3 Å². The lowest BCUT2D eigenvalue weighted by Gasteiger charge is -2.35. The zero-order valence-electron chi connectivity index (χ0n) is 12.5. The molecule has 1 amide bonds. The van der Waals surface area contributed by atoms with Crippen molar-refractivity contribution in [3.63, 3.8) is 0 Å². The Kier molecular flexibility index (Phi) is 4.18. The quantitative estimate of drug-likeness (QED) is 0.855. The molecule has 2 aromatic heterocycles. The molecule has 1 unspecified atom stereocenters. The predicted molar refractivity (Wildman–Crippen MR) is 80.0 cm³/mol. The van der Waals surface area contributed by atoms with E-state index in [1.54, 1.807) is 16.2 Å². The number of carbonyl (C=O) groups is 1. The fraction of sp³-hybridized carbons (Fsp3) is 0.467. The van der Waals surface area contributed by atoms with Crippen molar-refractivity contribution in [3.8, 4) is 0 Å². The van der Waals surface area contributed by atoms with Crippen LogP contribution in [0.1, 0.15) is 35.5 Å². The number of alkyl halides is 3. The van der Waals surface area contributed by atoms with Gasteiger partial charge in [0.25, 0.3) is 0 Å². The molecule has 3 heterocycles. The van der Waals surface area contributed by atoms with Gasteiger partial charge in [-0.3, -0.25) is 9.48 Å². The summed E-state index contributed by atoms with van der Waals surface area (Å²) in [5.41, 5.74) is 0.185. The van der Waals surface area contributed by atoms with Crippen molar-refractivity contribution in [3.05, 3.63) is 39.8 Å². The summed E-state index contributed by atoms with van der Waals surface area (Å²) in [6.07, 6.45) is -1.72. The molecule has 3 rings (SSSR count). The molecule has 2 aromatic rings. The second-order valence-corrected chi connectivity index (χ2v) is 6.46. The summed E-state index contributed by atoms with van der Waals surface area (Å²) in [5.74, 6) is -0.203. The maximum atomic E-state index is 12.6. The van der Waals surface area contributed by atoms with Crippen LogP contribution in [-0.2, 0) is 23.9 Å². The van der Waals surface area contributed by atoms with Gasteiger partial charge in [-0.15, -0.1) is 11.3 Å². The van der Waals surface area contributed by atoms with Gasteiger partial charge in [-0.1, -0.05) is 6.92 Å². The van der Waals surface area contributed by atoms with Crippen LogP contribution in [0.4, 0.5) is 13.2 Å². The summed E-state index contributed by atoms with van der Waals surface area (Å²) < 4.78 is 38.8. The molecule has 1 atom stereocenters. The number of aromatic nitrogens is 2. The molecule has 124 valence electrons. The number of halogens is 3. The van der Waals surface area contributed by atoms with Crippen LogP contribution in [0.3, 0.4) is 0 Å². The molecule has 0 saturated heterocycles. The van der Waals surface area contributed by atoms with E-state index in [0.717, 1.165) is 29.2 Å². The maximum absolute atomic E-state index is 12.6. The van der Waals surface area contributed by atoms with E-state index >= 15 is 0 Å². The van der Waals surface area contributed by atoms with Gasteiger partial charge >= 0.3 is 6.18 Å². The zero-order chi connectivity index (χ0) is 16.6. The maximum Gasteiger partial charge on any atom is 0.435 e. The molecule has 1 aliphatic heterocycles. The van der Waals surface area contributed by atoms with Crippen LogP contribution >= 0.6 is 11.3 Å². The van der Waals surface area contributed by atoms with Crippen molar-refractivity contribution in [1.29, 1.82) is 0 Å². The Morgan fingerprint density at radius 1 is 1.43 bits per heavy atom. The highest BCUT2D eigenvalue weighted by molar-refractivity contribution is 7.10. The van der Waals surface area contributed by atoms with Crippen molar-refractivity contribution in [2.45, 2.75) is 38.5 Å². The fourth-order valence-electron chi connectivity index (χ4n) is 2.97. The summed E-state index contributed by atoms with van der Waals surface area (Å²) in [7, 11) is 0. The number of hydrogen-bond donors (Lipinski definition) is 0. The minimum atomic E-state index is -4.49. The fourth-order valence-corrected chi connectivity index (χ4v) is 3.89. The van der Waals surface area contributed by atoms with Gasteiger partial charge in [0.05, 0.1) is 6.04 Å². The molecule has 0 spiro atoms. The highest BCUT2D eigenvalue weighted by Crippen LogP contribution is 2.35. The van der Waals surface area contributed by atoms with E-state index in [2.05, 4.69) is 5.10 Å². The van der Waals surface area contributed by atoms with Crippen LogP contribution in [0.2, 0.25) is 0 Å². The van der Waals surface area contributed by atoms with Gasteiger partial charge in [-0.25, -0.2) is 0 Å². The number of rotatable bonds is 3. The number of fused-ring (bicyclic) bond motifs is 1. The molecule has 23 heavy (non-hydrogen) atoms. The Labute approximate surface area is 135 Å². The van der Waals surface area contributed by atoms with E-state index < -0.39 is 11.9 Å². The molecular formula is C15H16F3N3OS. The third-order valence-corrected chi connectivity index (χ3v) is 5.03. The Morgan fingerprint density at radius 2 is 2.22 bits per heavy atom. The Morgan fingerprint density at radius 3 is 2.87 bits per heavy atom. The highest BCUT2D eigenvalue weighted by Gasteiger charge is 2.34. The van der Waals surface area contributed by atoms with Crippen LogP contribution in [0.15, 0.2) is 23.7 Å². The molecule has 4 nitrogen and oxygen atoms in total. The average molecular weight is 343 g/mol. The van der Waals surface area contributed by atoms with E-state index in [0.29, 0.717) is 6.54 Å². The highest BCUT2D eigenvalue weighted by atomic mass is 32.1. The SMILES string of the molecule is CCC1c2ccsc2CCN1C(=O)Cn1ccc(C(F)(F)F)n1. The van der Waals surface area contributed by atoms with Gasteiger partial charge in [0.1, 0.15) is 6.54 Å². The summed E-state index contributed by atoms with van der Waals surface area (Å²) in [6, 6.07) is 2.91. The van der Waals surface area contributed by atoms with Crippen LogP contribution in [-0.4, -0.2) is 27.1 Å². The molecule has 0 bridgehead atoms. The number of thiophene rings is 1. The van der Waals surface area contributed by atoms with Crippen LogP contribution in [0.25, 0.3) is 0 Å². The van der Waals surface area contributed by atoms with E-state index in [9.17, 15) is 18.0 Å². The van der Waals surface area contributed by atoms with Crippen molar-refractivity contribution >= 4 is 17.2 Å². The first-order valence-electron chi connectivity index (χ1n) is 7.36. The van der Waals surface area contributed by atoms with Crippen molar-refractivity contribution in [1.82, 2.24) is 14.7 Å². The first-order valence-corrected chi connectivity index (χ1v) is 8.24. The van der Waals surface area contributed by atoms with Gasteiger partial charge in [0.2, 0.25) is 5.91 Å². The van der Waals surface area contributed by atoms with Gasteiger partial charge in [-0.05, 0) is 35.9 Å². The summed E-state index contributed by atoms with van der Waals surface area (Å²) >= 11 is 1.69. The summed E-state index contributed by atoms with van der Waals surface area (Å²) in [4.78, 5) is 15.6. The van der Waals surface area contributed by atoms with Crippen LogP contribution in [0, 0.1) is 0 Å². The molecule has 1 aliphatic rings. The molecule has 0 saturated carbocycles. The Hall–Kier alpha value is -1.83. The summed E-state index contributed by atoms with van der Waals surface area (Å²) in [5, 5.41) is 5.47. The number of carbonyl (C=O) groups excluding carboxylic acids is 1. The number of amides is 1. The molecule has 0 fully saturated rings. The second-order valence-electron chi connectivity index (χ2n) is 5.46. The number of hydrogen-bond acceptors (Lipinski definition) is 3. The monoisotopic (exact) mass is 343 g/mol. The van der Waals surface area contributed by atoms with Crippen molar-refractivity contribution in [2.24, 2.45) is 0 Å². The number of nitrogens with zero attached hydrogens (tertiary/aromatic N) is 3. The predicted octanol–water partition coefficient (Wildman–Crippen LogP) is 3.50. The van der Waals surface area contributed by atoms with Crippen molar-refractivity contribution < 1.29 is 18.0 Å². The first-order chi connectivity index (χ1) is 10.9. The van der Waals surface area contributed by atoms with E-state index in [1.165, 1.54) is 11.1 Å². The van der Waals surface area contributed by atoms with Crippen LogP contribution in [0.5, 0.6) is 0 Å². The van der Waals surface area contributed by atoms with Crippen molar-refractivity contribution in [2.75, 3.05) is 6.54 Å². The lowest BCUT2D eigenvalue weighted by atomic mass is 9.98. The average Bonchev–Trinajstić information content (AvgIpc) is 3.13. The Balaban J connectivity index is 1.75. The zero-order valence-corrected chi connectivity index (χ0v) is 13.3. The van der Waals surface area contributed by atoms with Gasteiger partial charge < -0.3 is 4.90 Å². The lowest BCUT2D eigenvalue weighted by molar-refractivity contribution is -0.142.